The number of hydrogen-bond donors (Lipinski definition) is 2. The van der Waals surface area contributed by atoms with E-state index >= 15 is 0 Å². The highest BCUT2D eigenvalue weighted by Gasteiger charge is 2.21. The Morgan fingerprint density at radius 2 is 2.15 bits per heavy atom. The van der Waals surface area contributed by atoms with Crippen molar-refractivity contribution in [3.63, 3.8) is 0 Å². The van der Waals surface area contributed by atoms with Crippen molar-refractivity contribution in [1.82, 2.24) is 5.32 Å². The van der Waals surface area contributed by atoms with Gasteiger partial charge in [0.25, 0.3) is 5.69 Å². The van der Waals surface area contributed by atoms with E-state index in [0.29, 0.717) is 22.8 Å². The lowest BCUT2D eigenvalue weighted by Gasteiger charge is -2.30. The lowest BCUT2D eigenvalue weighted by atomic mass is 9.86. The zero-order chi connectivity index (χ0) is 14.5. The first kappa shape index (κ1) is 14.7. The Hall–Kier alpha value is -1.69. The van der Waals surface area contributed by atoms with Crippen LogP contribution in [0.1, 0.15) is 32.6 Å². The Bertz CT molecular complexity index is 507. The third-order valence-electron chi connectivity index (χ3n) is 3.74. The van der Waals surface area contributed by atoms with Crippen molar-refractivity contribution in [2.45, 2.75) is 38.6 Å². The van der Waals surface area contributed by atoms with Gasteiger partial charge in [-0.2, -0.15) is 0 Å². The lowest BCUT2D eigenvalue weighted by Crippen LogP contribution is -2.43. The average Bonchev–Trinajstić information content (AvgIpc) is 2.41. The molecule has 1 aromatic rings. The molecule has 0 aromatic heterocycles. The van der Waals surface area contributed by atoms with Crippen molar-refractivity contribution in [1.29, 1.82) is 0 Å². The van der Waals surface area contributed by atoms with E-state index in [0.717, 1.165) is 6.42 Å². The van der Waals surface area contributed by atoms with Crippen molar-refractivity contribution >= 4 is 28.7 Å². The first-order valence-electron chi connectivity index (χ1n) is 6.88. The first-order chi connectivity index (χ1) is 9.56. The zero-order valence-electron chi connectivity index (χ0n) is 11.5. The molecule has 20 heavy (non-hydrogen) atoms. The van der Waals surface area contributed by atoms with Gasteiger partial charge in [-0.05, 0) is 37.0 Å². The molecule has 0 unspecified atom stereocenters. The second-order valence-electron chi connectivity index (χ2n) is 5.27. The van der Waals surface area contributed by atoms with E-state index in [1.165, 1.54) is 31.4 Å². The number of nitrogens with zero attached hydrogens (tertiary/aromatic N) is 1. The third-order valence-corrected chi connectivity index (χ3v) is 3.96. The molecule has 0 saturated heterocycles. The van der Waals surface area contributed by atoms with Crippen LogP contribution in [-0.2, 0) is 0 Å². The smallest absolute Gasteiger partial charge is 0.271 e. The molecule has 1 aromatic carbocycles. The van der Waals surface area contributed by atoms with Gasteiger partial charge in [0.1, 0.15) is 0 Å². The molecule has 1 aliphatic rings. The standard InChI is InChI=1S/C14H19N3O2S/c1-10-5-2-3-8-13(10)16-14(20)15-11-6-4-7-12(9-11)17(18)19/h4,6-7,9-10,13H,2-3,5,8H2,1H3,(H2,15,16,20)/t10-,13+/m0/s1. The number of non-ortho nitro benzene ring substituents is 1. The van der Waals surface area contributed by atoms with Crippen molar-refractivity contribution < 1.29 is 4.92 Å². The quantitative estimate of drug-likeness (QED) is 0.507. The van der Waals surface area contributed by atoms with E-state index in [2.05, 4.69) is 17.6 Å². The highest BCUT2D eigenvalue weighted by molar-refractivity contribution is 7.80. The summed E-state index contributed by atoms with van der Waals surface area (Å²) < 4.78 is 0. The molecule has 0 radical (unpaired) electrons. The van der Waals surface area contributed by atoms with Crippen LogP contribution >= 0.6 is 12.2 Å². The first-order valence-corrected chi connectivity index (χ1v) is 7.29. The summed E-state index contributed by atoms with van der Waals surface area (Å²) in [6.45, 7) is 2.23. The minimum atomic E-state index is -0.412. The van der Waals surface area contributed by atoms with Gasteiger partial charge in [0.15, 0.2) is 5.11 Å². The second kappa shape index (κ2) is 6.65. The molecule has 2 N–H and O–H groups in total. The number of nitro benzene ring substituents is 1. The van der Waals surface area contributed by atoms with Gasteiger partial charge in [0, 0.05) is 23.9 Å². The monoisotopic (exact) mass is 293 g/mol. The summed E-state index contributed by atoms with van der Waals surface area (Å²) in [5.74, 6) is 0.605. The Morgan fingerprint density at radius 1 is 1.40 bits per heavy atom. The zero-order valence-corrected chi connectivity index (χ0v) is 12.3. The molecule has 0 spiro atoms. The average molecular weight is 293 g/mol. The fourth-order valence-electron chi connectivity index (χ4n) is 2.56. The summed E-state index contributed by atoms with van der Waals surface area (Å²) in [6.07, 6.45) is 4.85. The van der Waals surface area contributed by atoms with Crippen LogP contribution < -0.4 is 10.6 Å². The molecular formula is C14H19N3O2S. The summed E-state index contributed by atoms with van der Waals surface area (Å²) in [7, 11) is 0. The maximum atomic E-state index is 10.7. The molecule has 2 rings (SSSR count). The Labute approximate surface area is 123 Å². The van der Waals surface area contributed by atoms with E-state index < -0.39 is 4.92 Å². The second-order valence-corrected chi connectivity index (χ2v) is 5.68. The summed E-state index contributed by atoms with van der Waals surface area (Å²) in [4.78, 5) is 10.3. The number of nitrogens with one attached hydrogen (secondary N) is 2. The fraction of sp³-hybridized carbons (Fsp3) is 0.500. The van der Waals surface area contributed by atoms with Crippen molar-refractivity contribution in [2.24, 2.45) is 5.92 Å². The third kappa shape index (κ3) is 3.90. The number of hydrogen-bond acceptors (Lipinski definition) is 3. The summed E-state index contributed by atoms with van der Waals surface area (Å²) in [6, 6.07) is 6.75. The molecule has 108 valence electrons. The number of anilines is 1. The number of thiocarbonyl (C=S) groups is 1. The van der Waals surface area contributed by atoms with Crippen LogP contribution in [0, 0.1) is 16.0 Å². The summed E-state index contributed by atoms with van der Waals surface area (Å²) in [5.41, 5.74) is 0.698. The van der Waals surface area contributed by atoms with Gasteiger partial charge >= 0.3 is 0 Å². The molecule has 2 atom stereocenters. The lowest BCUT2D eigenvalue weighted by molar-refractivity contribution is -0.384. The molecule has 1 saturated carbocycles. The van der Waals surface area contributed by atoms with E-state index in [1.807, 2.05) is 0 Å². The van der Waals surface area contributed by atoms with Crippen LogP contribution in [0.4, 0.5) is 11.4 Å². The topological polar surface area (TPSA) is 67.2 Å². The molecule has 6 heteroatoms. The molecule has 0 bridgehead atoms. The van der Waals surface area contributed by atoms with Crippen molar-refractivity contribution in [3.8, 4) is 0 Å². The predicted molar refractivity (Wildman–Crippen MR) is 83.9 cm³/mol. The SMILES string of the molecule is C[C@H]1CCCC[C@H]1NC(=S)Nc1cccc([N+](=O)[O-])c1. The fourth-order valence-corrected chi connectivity index (χ4v) is 2.83. The largest absolute Gasteiger partial charge is 0.359 e. The van der Waals surface area contributed by atoms with E-state index in [9.17, 15) is 10.1 Å². The Kier molecular flexibility index (Phi) is 4.89. The molecule has 0 heterocycles. The molecule has 5 nitrogen and oxygen atoms in total. The minimum absolute atomic E-state index is 0.0591. The summed E-state index contributed by atoms with van der Waals surface area (Å²) in [5, 5.41) is 17.6. The van der Waals surface area contributed by atoms with Gasteiger partial charge in [-0.15, -0.1) is 0 Å². The van der Waals surface area contributed by atoms with E-state index in [-0.39, 0.29) is 5.69 Å². The molecule has 0 amide bonds. The van der Waals surface area contributed by atoms with Gasteiger partial charge in [0.2, 0.25) is 0 Å². The molecule has 0 aliphatic heterocycles. The van der Waals surface area contributed by atoms with Crippen molar-refractivity contribution in [2.75, 3.05) is 5.32 Å². The van der Waals surface area contributed by atoms with Crippen LogP contribution in [-0.4, -0.2) is 16.1 Å². The van der Waals surface area contributed by atoms with E-state index in [1.54, 1.807) is 12.1 Å². The number of rotatable bonds is 3. The van der Waals surface area contributed by atoms with E-state index in [4.69, 9.17) is 12.2 Å². The van der Waals surface area contributed by atoms with Crippen LogP contribution in [0.15, 0.2) is 24.3 Å². The van der Waals surface area contributed by atoms with Gasteiger partial charge in [-0.3, -0.25) is 10.1 Å². The van der Waals surface area contributed by atoms with Gasteiger partial charge < -0.3 is 10.6 Å². The maximum Gasteiger partial charge on any atom is 0.271 e. The number of benzene rings is 1. The molecule has 1 fully saturated rings. The van der Waals surface area contributed by atoms with Crippen molar-refractivity contribution in [3.05, 3.63) is 34.4 Å². The Balaban J connectivity index is 1.94. The molecular weight excluding hydrogens is 274 g/mol. The normalized spacial score (nSPS) is 22.1. The highest BCUT2D eigenvalue weighted by atomic mass is 32.1. The summed E-state index contributed by atoms with van der Waals surface area (Å²) >= 11 is 5.29. The van der Waals surface area contributed by atoms with Gasteiger partial charge in [0.05, 0.1) is 4.92 Å². The van der Waals surface area contributed by atoms with Crippen LogP contribution in [0.3, 0.4) is 0 Å². The Morgan fingerprint density at radius 3 is 2.85 bits per heavy atom. The highest BCUT2D eigenvalue weighted by Crippen LogP contribution is 2.24. The number of nitro groups is 1. The van der Waals surface area contributed by atoms with Crippen LogP contribution in [0.25, 0.3) is 0 Å². The molecule has 1 aliphatic carbocycles. The van der Waals surface area contributed by atoms with Gasteiger partial charge in [-0.1, -0.05) is 25.8 Å². The predicted octanol–water partition coefficient (Wildman–Crippen LogP) is 3.46. The maximum absolute atomic E-state index is 10.7. The minimum Gasteiger partial charge on any atom is -0.359 e. The van der Waals surface area contributed by atoms with Crippen LogP contribution in [0.5, 0.6) is 0 Å². The van der Waals surface area contributed by atoms with Crippen LogP contribution in [0.2, 0.25) is 0 Å². The van der Waals surface area contributed by atoms with Gasteiger partial charge in [-0.25, -0.2) is 0 Å².